The van der Waals surface area contributed by atoms with Crippen LogP contribution >= 0.6 is 11.8 Å². The number of nitrogens with zero attached hydrogens (tertiary/aromatic N) is 4. The van der Waals surface area contributed by atoms with Crippen molar-refractivity contribution in [1.29, 1.82) is 0 Å². The van der Waals surface area contributed by atoms with Crippen LogP contribution in [-0.4, -0.2) is 79.2 Å². The highest BCUT2D eigenvalue weighted by Crippen LogP contribution is 2.42. The standard InChI is InChI=1S/C29H32F2N4O5S/c1-6-18-20(30)8-7-16-11-17(40-15-37-3)12-19(21(16)18)24-23(31)25-22(27(32-24)38-4)26(34-28(33-25)41-5)35-9-10-39-14-29(2,36)13-35/h7-8,11-12,36H,6,9-10,13-15H2,1-5H3/t29-/m0/s1. The third kappa shape index (κ3) is 5.61. The number of anilines is 1. The molecule has 1 saturated heterocycles. The molecular formula is C29H32F2N4O5S. The van der Waals surface area contributed by atoms with Crippen molar-refractivity contribution in [2.75, 3.05) is 58.5 Å². The molecule has 0 saturated carbocycles. The molecule has 0 aliphatic carbocycles. The van der Waals surface area contributed by atoms with Crippen molar-refractivity contribution >= 4 is 39.3 Å². The summed E-state index contributed by atoms with van der Waals surface area (Å²) < 4.78 is 53.8. The van der Waals surface area contributed by atoms with Gasteiger partial charge in [-0.25, -0.2) is 23.7 Å². The van der Waals surface area contributed by atoms with Gasteiger partial charge in [0.25, 0.3) is 0 Å². The average Bonchev–Trinajstić information content (AvgIpc) is 3.15. The van der Waals surface area contributed by atoms with Crippen molar-refractivity contribution in [3.8, 4) is 22.9 Å². The molecule has 0 amide bonds. The zero-order chi connectivity index (χ0) is 29.3. The van der Waals surface area contributed by atoms with E-state index in [0.717, 1.165) is 0 Å². The van der Waals surface area contributed by atoms with Gasteiger partial charge < -0.3 is 29.0 Å². The van der Waals surface area contributed by atoms with Gasteiger partial charge in [-0.3, -0.25) is 0 Å². The molecule has 4 aromatic rings. The predicted molar refractivity (Wildman–Crippen MR) is 154 cm³/mol. The Morgan fingerprint density at radius 2 is 1.95 bits per heavy atom. The predicted octanol–water partition coefficient (Wildman–Crippen LogP) is 4.99. The largest absolute Gasteiger partial charge is 0.480 e. The Labute approximate surface area is 240 Å². The second-order valence-corrected chi connectivity index (χ2v) is 10.8. The summed E-state index contributed by atoms with van der Waals surface area (Å²) in [6.07, 6.45) is 2.17. The number of methoxy groups -OCH3 is 2. The summed E-state index contributed by atoms with van der Waals surface area (Å²) in [4.78, 5) is 15.7. The number of rotatable bonds is 8. The minimum absolute atomic E-state index is 0.00294. The monoisotopic (exact) mass is 586 g/mol. The lowest BCUT2D eigenvalue weighted by Crippen LogP contribution is -2.42. The smallest absolute Gasteiger partial charge is 0.227 e. The lowest BCUT2D eigenvalue weighted by Gasteiger charge is -2.29. The van der Waals surface area contributed by atoms with Gasteiger partial charge in [0.2, 0.25) is 5.88 Å². The summed E-state index contributed by atoms with van der Waals surface area (Å²) >= 11 is 1.26. The summed E-state index contributed by atoms with van der Waals surface area (Å²) in [7, 11) is 2.93. The first-order valence-electron chi connectivity index (χ1n) is 13.1. The van der Waals surface area contributed by atoms with E-state index in [1.165, 1.54) is 32.0 Å². The molecule has 41 heavy (non-hydrogen) atoms. The van der Waals surface area contributed by atoms with Crippen LogP contribution in [0.4, 0.5) is 14.6 Å². The quantitative estimate of drug-likeness (QED) is 0.173. The van der Waals surface area contributed by atoms with Crippen molar-refractivity contribution in [2.45, 2.75) is 31.0 Å². The van der Waals surface area contributed by atoms with Crippen LogP contribution in [0.2, 0.25) is 0 Å². The first-order valence-corrected chi connectivity index (χ1v) is 14.3. The van der Waals surface area contributed by atoms with E-state index in [1.54, 1.807) is 31.4 Å². The van der Waals surface area contributed by atoms with Crippen LogP contribution in [0.25, 0.3) is 32.9 Å². The summed E-state index contributed by atoms with van der Waals surface area (Å²) in [5.41, 5.74) is -0.466. The Morgan fingerprint density at radius 3 is 2.66 bits per heavy atom. The van der Waals surface area contributed by atoms with E-state index < -0.39 is 17.2 Å². The van der Waals surface area contributed by atoms with Gasteiger partial charge in [0.15, 0.2) is 17.8 Å². The van der Waals surface area contributed by atoms with Crippen LogP contribution < -0.4 is 14.4 Å². The number of aryl methyl sites for hydroxylation is 1. The minimum atomic E-state index is -1.16. The number of β-amino-alcohol motifs (C(OH)–C–C–N with tert-alkyl or cyclic N) is 1. The topological polar surface area (TPSA) is 99.1 Å². The van der Waals surface area contributed by atoms with E-state index in [9.17, 15) is 5.11 Å². The molecule has 2 aromatic carbocycles. The van der Waals surface area contributed by atoms with Crippen molar-refractivity contribution in [1.82, 2.24) is 15.0 Å². The molecule has 0 unspecified atom stereocenters. The number of benzene rings is 2. The Morgan fingerprint density at radius 1 is 1.15 bits per heavy atom. The van der Waals surface area contributed by atoms with Crippen LogP contribution in [-0.2, 0) is 15.9 Å². The fourth-order valence-corrected chi connectivity index (χ4v) is 5.52. The lowest BCUT2D eigenvalue weighted by atomic mass is 9.94. The molecule has 1 aliphatic rings. The number of halogens is 2. The Bertz CT molecular complexity index is 1600. The van der Waals surface area contributed by atoms with Gasteiger partial charge in [0.1, 0.15) is 39.6 Å². The zero-order valence-electron chi connectivity index (χ0n) is 23.6. The average molecular weight is 587 g/mol. The second-order valence-electron chi connectivity index (χ2n) is 10.0. The van der Waals surface area contributed by atoms with E-state index >= 15 is 8.78 Å². The second kappa shape index (κ2) is 11.9. The maximum atomic E-state index is 16.7. The van der Waals surface area contributed by atoms with Gasteiger partial charge in [-0.15, -0.1) is 0 Å². The molecule has 1 N–H and O–H groups in total. The van der Waals surface area contributed by atoms with Crippen molar-refractivity contribution in [3.05, 3.63) is 41.5 Å². The summed E-state index contributed by atoms with van der Waals surface area (Å²) in [6.45, 7) is 4.59. The zero-order valence-corrected chi connectivity index (χ0v) is 24.4. The van der Waals surface area contributed by atoms with Gasteiger partial charge >= 0.3 is 0 Å². The van der Waals surface area contributed by atoms with Gasteiger partial charge in [-0.05, 0) is 54.1 Å². The third-order valence-corrected chi connectivity index (χ3v) is 7.48. The van der Waals surface area contributed by atoms with Crippen LogP contribution in [0.1, 0.15) is 19.4 Å². The van der Waals surface area contributed by atoms with Gasteiger partial charge in [0.05, 0.1) is 26.9 Å². The van der Waals surface area contributed by atoms with Gasteiger partial charge in [-0.2, -0.15) is 0 Å². The van der Waals surface area contributed by atoms with E-state index in [0.29, 0.717) is 58.2 Å². The molecule has 0 bridgehead atoms. The minimum Gasteiger partial charge on any atom is -0.480 e. The molecule has 2 aromatic heterocycles. The highest BCUT2D eigenvalue weighted by atomic mass is 32.2. The number of aliphatic hydroxyl groups is 1. The molecule has 1 aliphatic heterocycles. The highest BCUT2D eigenvalue weighted by Gasteiger charge is 2.32. The van der Waals surface area contributed by atoms with Crippen molar-refractivity contribution < 1.29 is 32.8 Å². The first-order chi connectivity index (χ1) is 19.7. The van der Waals surface area contributed by atoms with E-state index in [4.69, 9.17) is 18.9 Å². The molecule has 0 radical (unpaired) electrons. The summed E-state index contributed by atoms with van der Waals surface area (Å²) in [6, 6.07) is 6.39. The number of aromatic nitrogens is 3. The Kier molecular flexibility index (Phi) is 8.46. The number of thioether (sulfide) groups is 1. The fourth-order valence-electron chi connectivity index (χ4n) is 5.16. The van der Waals surface area contributed by atoms with Gasteiger partial charge in [0, 0.05) is 19.2 Å². The number of pyridine rings is 1. The Balaban J connectivity index is 1.83. The molecule has 5 rings (SSSR count). The third-order valence-electron chi connectivity index (χ3n) is 6.93. The number of ether oxygens (including phenoxy) is 4. The van der Waals surface area contributed by atoms with E-state index in [-0.39, 0.29) is 42.4 Å². The molecule has 218 valence electrons. The maximum absolute atomic E-state index is 16.7. The van der Waals surface area contributed by atoms with Crippen molar-refractivity contribution in [2.24, 2.45) is 0 Å². The Hall–Kier alpha value is -3.32. The molecular weight excluding hydrogens is 554 g/mol. The number of fused-ring (bicyclic) bond motifs is 2. The summed E-state index contributed by atoms with van der Waals surface area (Å²) in [5, 5.41) is 12.6. The normalized spacial score (nSPS) is 17.7. The molecule has 9 nitrogen and oxygen atoms in total. The maximum Gasteiger partial charge on any atom is 0.227 e. The fraction of sp³-hybridized carbons (Fsp3) is 0.414. The van der Waals surface area contributed by atoms with E-state index in [2.05, 4.69) is 15.0 Å². The molecule has 12 heteroatoms. The highest BCUT2D eigenvalue weighted by molar-refractivity contribution is 7.98. The van der Waals surface area contributed by atoms with Crippen LogP contribution in [0.3, 0.4) is 0 Å². The number of hydrogen-bond donors (Lipinski definition) is 1. The number of hydrogen-bond acceptors (Lipinski definition) is 10. The molecule has 0 spiro atoms. The molecule has 1 atom stereocenters. The lowest BCUT2D eigenvalue weighted by molar-refractivity contribution is -0.0123. The van der Waals surface area contributed by atoms with E-state index in [1.807, 2.05) is 11.8 Å². The van der Waals surface area contributed by atoms with Crippen LogP contribution in [0.15, 0.2) is 29.4 Å². The molecule has 3 heterocycles. The van der Waals surface area contributed by atoms with Crippen molar-refractivity contribution in [3.63, 3.8) is 0 Å². The SMILES string of the molecule is CCc1c(F)ccc2cc(OCOC)cc(-c3nc(OC)c4c(N5CCOC[C@@](C)(O)C5)nc(SC)nc4c3F)c12. The van der Waals surface area contributed by atoms with Crippen LogP contribution in [0, 0.1) is 11.6 Å². The van der Waals surface area contributed by atoms with Crippen LogP contribution in [0.5, 0.6) is 11.6 Å². The van der Waals surface area contributed by atoms with Gasteiger partial charge in [-0.1, -0.05) is 24.8 Å². The molecule has 1 fully saturated rings. The first kappa shape index (κ1) is 29.2. The summed E-state index contributed by atoms with van der Waals surface area (Å²) in [5.74, 6) is -0.237.